The van der Waals surface area contributed by atoms with Crippen LogP contribution in [-0.4, -0.2) is 29.6 Å². The highest BCUT2D eigenvalue weighted by molar-refractivity contribution is 5.85. The summed E-state index contributed by atoms with van der Waals surface area (Å²) in [5, 5.41) is 0. The van der Waals surface area contributed by atoms with Gasteiger partial charge in [0, 0.05) is 19.0 Å². The van der Waals surface area contributed by atoms with Crippen molar-refractivity contribution >= 4 is 5.91 Å². The van der Waals surface area contributed by atoms with Gasteiger partial charge in [-0.25, -0.2) is 4.39 Å². The molecule has 0 aromatic heterocycles. The Hall–Kier alpha value is -0.600. The van der Waals surface area contributed by atoms with Crippen molar-refractivity contribution in [2.75, 3.05) is 7.05 Å². The van der Waals surface area contributed by atoms with Gasteiger partial charge in [0.15, 0.2) is 5.67 Å². The predicted octanol–water partition coefficient (Wildman–Crippen LogP) is 3.70. The molecule has 0 saturated heterocycles. The Kier molecular flexibility index (Phi) is 4.29. The van der Waals surface area contributed by atoms with E-state index in [0.29, 0.717) is 0 Å². The van der Waals surface area contributed by atoms with Crippen LogP contribution in [0, 0.1) is 5.92 Å². The van der Waals surface area contributed by atoms with E-state index in [2.05, 4.69) is 0 Å². The van der Waals surface area contributed by atoms with E-state index in [0.717, 1.165) is 38.5 Å². The van der Waals surface area contributed by atoms with Gasteiger partial charge in [-0.1, -0.05) is 32.1 Å². The molecule has 18 heavy (non-hydrogen) atoms. The number of hydrogen-bond acceptors (Lipinski definition) is 1. The summed E-state index contributed by atoms with van der Waals surface area (Å²) >= 11 is 0. The van der Waals surface area contributed by atoms with Gasteiger partial charge in [-0.05, 0) is 32.6 Å². The number of alkyl halides is 1. The average molecular weight is 255 g/mol. The van der Waals surface area contributed by atoms with Crippen LogP contribution in [-0.2, 0) is 4.79 Å². The second-order valence-corrected chi connectivity index (χ2v) is 6.26. The highest BCUT2D eigenvalue weighted by atomic mass is 19.1. The number of carbonyl (C=O) groups is 1. The lowest BCUT2D eigenvalue weighted by Crippen LogP contribution is -2.50. The number of nitrogens with zero attached hydrogens (tertiary/aromatic N) is 1. The minimum absolute atomic E-state index is 0.0592. The quantitative estimate of drug-likeness (QED) is 0.753. The molecule has 2 aliphatic carbocycles. The first-order chi connectivity index (χ1) is 8.53. The first-order valence-corrected chi connectivity index (χ1v) is 7.49. The van der Waals surface area contributed by atoms with Crippen LogP contribution < -0.4 is 0 Å². The van der Waals surface area contributed by atoms with Crippen molar-refractivity contribution in [1.82, 2.24) is 4.90 Å². The molecular weight excluding hydrogens is 229 g/mol. The summed E-state index contributed by atoms with van der Waals surface area (Å²) in [5.41, 5.74) is -1.65. The fourth-order valence-corrected chi connectivity index (χ4v) is 3.62. The van der Waals surface area contributed by atoms with Gasteiger partial charge >= 0.3 is 0 Å². The number of carbonyl (C=O) groups excluding carboxylic acids is 1. The van der Waals surface area contributed by atoms with Crippen LogP contribution in [0.15, 0.2) is 0 Å². The van der Waals surface area contributed by atoms with Crippen LogP contribution in [0.2, 0.25) is 0 Å². The Labute approximate surface area is 110 Å². The van der Waals surface area contributed by atoms with E-state index in [1.807, 2.05) is 0 Å². The molecule has 1 unspecified atom stereocenters. The Bertz CT molecular complexity index is 291. The van der Waals surface area contributed by atoms with Gasteiger partial charge in [0.1, 0.15) is 0 Å². The average Bonchev–Trinajstić information content (AvgIpc) is 2.92. The molecule has 0 spiro atoms. The van der Waals surface area contributed by atoms with Gasteiger partial charge in [0.05, 0.1) is 0 Å². The van der Waals surface area contributed by atoms with Crippen molar-refractivity contribution < 1.29 is 9.18 Å². The molecule has 0 heterocycles. The molecular formula is C15H26FNO. The van der Waals surface area contributed by atoms with Gasteiger partial charge < -0.3 is 4.90 Å². The molecule has 2 rings (SSSR count). The third-order valence-electron chi connectivity index (χ3n) is 4.98. The molecule has 104 valence electrons. The zero-order valence-corrected chi connectivity index (χ0v) is 11.8. The summed E-state index contributed by atoms with van der Waals surface area (Å²) in [6.07, 6.45) is 9.59. The SMILES string of the molecule is CN(C(=O)C(C)(F)C1CCCC1)C1CCCCC1. The van der Waals surface area contributed by atoms with Crippen molar-refractivity contribution in [3.63, 3.8) is 0 Å². The lowest BCUT2D eigenvalue weighted by Gasteiger charge is -2.37. The molecule has 0 radical (unpaired) electrons. The lowest BCUT2D eigenvalue weighted by atomic mass is 9.86. The maximum Gasteiger partial charge on any atom is 0.260 e. The smallest absolute Gasteiger partial charge is 0.260 e. The monoisotopic (exact) mass is 255 g/mol. The first kappa shape index (κ1) is 13.8. The van der Waals surface area contributed by atoms with Crippen LogP contribution in [0.4, 0.5) is 4.39 Å². The number of amides is 1. The van der Waals surface area contributed by atoms with Crippen LogP contribution in [0.25, 0.3) is 0 Å². The van der Waals surface area contributed by atoms with Crippen LogP contribution in [0.1, 0.15) is 64.7 Å². The zero-order chi connectivity index (χ0) is 13.2. The molecule has 0 aromatic rings. The summed E-state index contributed by atoms with van der Waals surface area (Å²) in [7, 11) is 1.80. The van der Waals surface area contributed by atoms with E-state index in [9.17, 15) is 9.18 Å². The fourth-order valence-electron chi connectivity index (χ4n) is 3.62. The highest BCUT2D eigenvalue weighted by Crippen LogP contribution is 2.38. The van der Waals surface area contributed by atoms with E-state index in [-0.39, 0.29) is 17.9 Å². The third-order valence-corrected chi connectivity index (χ3v) is 4.98. The first-order valence-electron chi connectivity index (χ1n) is 7.49. The zero-order valence-electron chi connectivity index (χ0n) is 11.8. The molecule has 0 aromatic carbocycles. The standard InChI is InChI=1S/C15H26FNO/c1-15(16,12-8-6-7-9-12)14(18)17(2)13-10-4-3-5-11-13/h12-13H,3-11H2,1-2H3. The van der Waals surface area contributed by atoms with E-state index < -0.39 is 5.67 Å². The predicted molar refractivity (Wildman–Crippen MR) is 71.1 cm³/mol. The molecule has 2 aliphatic rings. The Morgan fingerprint density at radius 1 is 1.06 bits per heavy atom. The lowest BCUT2D eigenvalue weighted by molar-refractivity contribution is -0.148. The molecule has 1 amide bonds. The summed E-state index contributed by atoms with van der Waals surface area (Å²) in [6.45, 7) is 1.50. The summed E-state index contributed by atoms with van der Waals surface area (Å²) in [4.78, 5) is 14.1. The van der Waals surface area contributed by atoms with Crippen LogP contribution in [0.3, 0.4) is 0 Å². The fraction of sp³-hybridized carbons (Fsp3) is 0.933. The number of rotatable bonds is 3. The maximum absolute atomic E-state index is 14.8. The molecule has 2 saturated carbocycles. The number of hydrogen-bond donors (Lipinski definition) is 0. The highest BCUT2D eigenvalue weighted by Gasteiger charge is 2.45. The molecule has 0 N–H and O–H groups in total. The largest absolute Gasteiger partial charge is 0.340 e. The second kappa shape index (κ2) is 5.58. The Morgan fingerprint density at radius 3 is 2.11 bits per heavy atom. The van der Waals surface area contributed by atoms with E-state index in [1.165, 1.54) is 26.2 Å². The maximum atomic E-state index is 14.8. The second-order valence-electron chi connectivity index (χ2n) is 6.26. The molecule has 0 aliphatic heterocycles. The van der Waals surface area contributed by atoms with Crippen molar-refractivity contribution in [2.24, 2.45) is 5.92 Å². The number of halogens is 1. The Balaban J connectivity index is 1.99. The van der Waals surface area contributed by atoms with Gasteiger partial charge in [-0.15, -0.1) is 0 Å². The summed E-state index contributed by atoms with van der Waals surface area (Å²) in [6, 6.07) is 0.266. The van der Waals surface area contributed by atoms with Crippen molar-refractivity contribution in [2.45, 2.75) is 76.4 Å². The van der Waals surface area contributed by atoms with Crippen LogP contribution in [0.5, 0.6) is 0 Å². The van der Waals surface area contributed by atoms with Crippen LogP contribution >= 0.6 is 0 Å². The Morgan fingerprint density at radius 2 is 1.56 bits per heavy atom. The molecule has 1 atom stereocenters. The van der Waals surface area contributed by atoms with Gasteiger partial charge in [0.25, 0.3) is 5.91 Å². The van der Waals surface area contributed by atoms with Gasteiger partial charge in [-0.3, -0.25) is 4.79 Å². The van der Waals surface area contributed by atoms with Gasteiger partial charge in [0.2, 0.25) is 0 Å². The van der Waals surface area contributed by atoms with Crippen molar-refractivity contribution in [3.8, 4) is 0 Å². The van der Waals surface area contributed by atoms with Crippen molar-refractivity contribution in [1.29, 1.82) is 0 Å². The summed E-state index contributed by atoms with van der Waals surface area (Å²) < 4.78 is 14.8. The topological polar surface area (TPSA) is 20.3 Å². The molecule has 2 nitrogen and oxygen atoms in total. The van der Waals surface area contributed by atoms with Crippen molar-refractivity contribution in [3.05, 3.63) is 0 Å². The minimum atomic E-state index is -1.65. The van der Waals surface area contributed by atoms with E-state index in [4.69, 9.17) is 0 Å². The third kappa shape index (κ3) is 2.70. The van der Waals surface area contributed by atoms with E-state index >= 15 is 0 Å². The van der Waals surface area contributed by atoms with Gasteiger partial charge in [-0.2, -0.15) is 0 Å². The summed E-state index contributed by atoms with van der Waals surface area (Å²) in [5.74, 6) is -0.336. The minimum Gasteiger partial charge on any atom is -0.340 e. The normalized spacial score (nSPS) is 25.9. The molecule has 2 fully saturated rings. The molecule has 3 heteroatoms. The molecule has 0 bridgehead atoms. The van der Waals surface area contributed by atoms with E-state index in [1.54, 1.807) is 11.9 Å².